The van der Waals surface area contributed by atoms with Gasteiger partial charge in [-0.1, -0.05) is 27.2 Å². The van der Waals surface area contributed by atoms with Crippen LogP contribution in [-0.2, 0) is 5.41 Å². The number of hydrogen-bond acceptors (Lipinski definition) is 3. The first-order valence-electron chi connectivity index (χ1n) is 6.46. The molecule has 1 aromatic heterocycles. The van der Waals surface area contributed by atoms with E-state index in [9.17, 15) is 5.11 Å². The van der Waals surface area contributed by atoms with Crippen molar-refractivity contribution in [1.82, 2.24) is 9.97 Å². The van der Waals surface area contributed by atoms with E-state index < -0.39 is 0 Å². The summed E-state index contributed by atoms with van der Waals surface area (Å²) in [5.41, 5.74) is 0.881. The van der Waals surface area contributed by atoms with Gasteiger partial charge in [0, 0.05) is 24.0 Å². The van der Waals surface area contributed by atoms with Gasteiger partial charge in [0.15, 0.2) is 0 Å². The molecule has 1 fully saturated rings. The summed E-state index contributed by atoms with van der Waals surface area (Å²) in [7, 11) is 0. The molecule has 94 valence electrons. The van der Waals surface area contributed by atoms with Crippen molar-refractivity contribution in [1.29, 1.82) is 0 Å². The van der Waals surface area contributed by atoms with Gasteiger partial charge in [-0.2, -0.15) is 0 Å². The van der Waals surface area contributed by atoms with Crippen molar-refractivity contribution < 1.29 is 5.11 Å². The largest absolute Gasteiger partial charge is 0.393 e. The highest BCUT2D eigenvalue weighted by Gasteiger charge is 2.40. The van der Waals surface area contributed by atoms with Crippen LogP contribution in [0.1, 0.15) is 45.7 Å². The Morgan fingerprint density at radius 2 is 2.06 bits per heavy atom. The summed E-state index contributed by atoms with van der Waals surface area (Å²) in [6.45, 7) is 6.55. The molecule has 1 aromatic rings. The third-order valence-electron chi connectivity index (χ3n) is 4.23. The van der Waals surface area contributed by atoms with Crippen molar-refractivity contribution in [2.45, 2.75) is 51.6 Å². The summed E-state index contributed by atoms with van der Waals surface area (Å²) >= 11 is 0. The van der Waals surface area contributed by atoms with Crippen LogP contribution in [0.4, 0.5) is 0 Å². The average molecular weight is 234 g/mol. The fourth-order valence-electron chi connectivity index (χ4n) is 3.01. The minimum atomic E-state index is -0.212. The predicted octanol–water partition coefficient (Wildman–Crippen LogP) is 2.55. The topological polar surface area (TPSA) is 46.0 Å². The molecule has 17 heavy (non-hydrogen) atoms. The van der Waals surface area contributed by atoms with E-state index in [2.05, 4.69) is 30.7 Å². The van der Waals surface area contributed by atoms with Crippen molar-refractivity contribution in [3.63, 3.8) is 0 Å². The smallest absolute Gasteiger partial charge is 0.0646 e. The zero-order valence-corrected chi connectivity index (χ0v) is 10.9. The first-order chi connectivity index (χ1) is 8.01. The molecule has 1 aliphatic carbocycles. The summed E-state index contributed by atoms with van der Waals surface area (Å²) in [5, 5.41) is 10.3. The van der Waals surface area contributed by atoms with E-state index in [0.717, 1.165) is 18.5 Å². The van der Waals surface area contributed by atoms with Crippen molar-refractivity contribution >= 4 is 0 Å². The van der Waals surface area contributed by atoms with Crippen LogP contribution in [0.2, 0.25) is 0 Å². The second-order valence-corrected chi connectivity index (χ2v) is 5.90. The Morgan fingerprint density at radius 3 is 2.65 bits per heavy atom. The molecule has 1 N–H and O–H groups in total. The van der Waals surface area contributed by atoms with Crippen LogP contribution in [0, 0.1) is 11.8 Å². The Kier molecular flexibility index (Phi) is 3.48. The summed E-state index contributed by atoms with van der Waals surface area (Å²) in [6.07, 6.45) is 8.22. The van der Waals surface area contributed by atoms with E-state index in [1.165, 1.54) is 6.42 Å². The van der Waals surface area contributed by atoms with Gasteiger partial charge in [0.2, 0.25) is 0 Å². The van der Waals surface area contributed by atoms with Crippen LogP contribution in [0.3, 0.4) is 0 Å². The van der Waals surface area contributed by atoms with E-state index in [1.54, 1.807) is 12.4 Å². The molecule has 0 amide bonds. The molecule has 2 rings (SSSR count). The van der Waals surface area contributed by atoms with Gasteiger partial charge >= 0.3 is 0 Å². The van der Waals surface area contributed by atoms with Crippen molar-refractivity contribution in [2.75, 3.05) is 0 Å². The predicted molar refractivity (Wildman–Crippen MR) is 67.6 cm³/mol. The maximum absolute atomic E-state index is 10.3. The van der Waals surface area contributed by atoms with E-state index in [-0.39, 0.29) is 17.4 Å². The molecule has 0 saturated heterocycles. The summed E-state index contributed by atoms with van der Waals surface area (Å²) in [6, 6.07) is 0. The number of rotatable bonds is 2. The quantitative estimate of drug-likeness (QED) is 0.855. The molecule has 3 heteroatoms. The molecule has 0 radical (unpaired) electrons. The van der Waals surface area contributed by atoms with E-state index in [4.69, 9.17) is 0 Å². The Morgan fingerprint density at radius 1 is 1.29 bits per heavy atom. The Bertz CT molecular complexity index is 364. The monoisotopic (exact) mass is 234 g/mol. The van der Waals surface area contributed by atoms with Crippen LogP contribution in [0.5, 0.6) is 0 Å². The Balaban J connectivity index is 2.21. The lowest BCUT2D eigenvalue weighted by Gasteiger charge is -2.41. The number of hydrogen-bond donors (Lipinski definition) is 1. The van der Waals surface area contributed by atoms with Crippen molar-refractivity contribution in [2.24, 2.45) is 11.8 Å². The second-order valence-electron chi connectivity index (χ2n) is 5.90. The Labute approximate surface area is 103 Å². The molecule has 3 atom stereocenters. The fraction of sp³-hybridized carbons (Fsp3) is 0.714. The van der Waals surface area contributed by atoms with Gasteiger partial charge in [-0.3, -0.25) is 9.97 Å². The van der Waals surface area contributed by atoms with Gasteiger partial charge in [0.05, 0.1) is 11.8 Å². The lowest BCUT2D eigenvalue weighted by atomic mass is 9.66. The molecule has 0 aromatic carbocycles. The first-order valence-corrected chi connectivity index (χ1v) is 6.46. The molecule has 0 spiro atoms. The van der Waals surface area contributed by atoms with Gasteiger partial charge in [0.1, 0.15) is 0 Å². The third kappa shape index (κ3) is 2.49. The van der Waals surface area contributed by atoms with Gasteiger partial charge in [-0.05, 0) is 24.7 Å². The molecule has 0 aliphatic heterocycles. The number of aromatic nitrogens is 2. The lowest BCUT2D eigenvalue weighted by Crippen LogP contribution is -2.41. The summed E-state index contributed by atoms with van der Waals surface area (Å²) in [4.78, 5) is 8.55. The molecular weight excluding hydrogens is 212 g/mol. The maximum Gasteiger partial charge on any atom is 0.0646 e. The molecule has 1 aliphatic rings. The molecule has 3 unspecified atom stereocenters. The molecule has 3 nitrogen and oxygen atoms in total. The van der Waals surface area contributed by atoms with Crippen LogP contribution >= 0.6 is 0 Å². The number of aliphatic hydroxyl groups is 1. The number of nitrogens with zero attached hydrogens (tertiary/aromatic N) is 2. The maximum atomic E-state index is 10.3. The lowest BCUT2D eigenvalue weighted by molar-refractivity contribution is 0.0132. The standard InChI is InChI=1S/C14H22N2O/c1-10-4-5-11(12(17)8-10)14(2,3)13-9-15-6-7-16-13/h6-7,9-12,17H,4-5,8H2,1-3H3. The van der Waals surface area contributed by atoms with E-state index in [0.29, 0.717) is 5.92 Å². The van der Waals surface area contributed by atoms with E-state index >= 15 is 0 Å². The minimum Gasteiger partial charge on any atom is -0.393 e. The molecule has 1 heterocycles. The SMILES string of the molecule is CC1CCC(C(C)(C)c2cnccn2)C(O)C1. The van der Waals surface area contributed by atoms with Crippen LogP contribution < -0.4 is 0 Å². The molecule has 1 saturated carbocycles. The number of aliphatic hydroxyl groups excluding tert-OH is 1. The second kappa shape index (κ2) is 4.73. The molecule has 0 bridgehead atoms. The van der Waals surface area contributed by atoms with Crippen LogP contribution in [-0.4, -0.2) is 21.2 Å². The highest BCUT2D eigenvalue weighted by molar-refractivity contribution is 5.13. The van der Waals surface area contributed by atoms with Gasteiger partial charge in [0.25, 0.3) is 0 Å². The van der Waals surface area contributed by atoms with Crippen LogP contribution in [0.25, 0.3) is 0 Å². The van der Waals surface area contributed by atoms with Crippen LogP contribution in [0.15, 0.2) is 18.6 Å². The highest BCUT2D eigenvalue weighted by atomic mass is 16.3. The van der Waals surface area contributed by atoms with E-state index in [1.807, 2.05) is 6.20 Å². The zero-order chi connectivity index (χ0) is 12.5. The zero-order valence-electron chi connectivity index (χ0n) is 10.9. The Hall–Kier alpha value is -0.960. The van der Waals surface area contributed by atoms with Gasteiger partial charge in [-0.15, -0.1) is 0 Å². The fourth-order valence-corrected chi connectivity index (χ4v) is 3.01. The molecular formula is C14H22N2O. The average Bonchev–Trinajstić information content (AvgIpc) is 2.29. The summed E-state index contributed by atoms with van der Waals surface area (Å²) in [5.74, 6) is 0.925. The van der Waals surface area contributed by atoms with Gasteiger partial charge in [-0.25, -0.2) is 0 Å². The third-order valence-corrected chi connectivity index (χ3v) is 4.23. The minimum absolute atomic E-state index is 0.103. The van der Waals surface area contributed by atoms with Crippen molar-refractivity contribution in [3.05, 3.63) is 24.3 Å². The highest BCUT2D eigenvalue weighted by Crippen LogP contribution is 2.41. The van der Waals surface area contributed by atoms with Crippen molar-refractivity contribution in [3.8, 4) is 0 Å². The normalized spacial score (nSPS) is 30.2. The summed E-state index contributed by atoms with van der Waals surface area (Å²) < 4.78 is 0. The van der Waals surface area contributed by atoms with Gasteiger partial charge < -0.3 is 5.11 Å². The first kappa shape index (κ1) is 12.5.